The standard InChI is InChI=1S/C38H43ClN6O3S/c1-24(30-5-4-6-33(36(30)39)48-29-15-19-44(3)20-16-29)47-34-22-35(49-37(34)38(40)46)45-23-41-31-21-26(9-12-32(31)45)25-7-10-27(11-8-25)42-28-13-17-43(2)18-14-28/h4-12,21-24,28-29,42H,13-20H2,1-3H3,(H2,40,46). The predicted molar refractivity (Wildman–Crippen MR) is 199 cm³/mol. The molecule has 7 rings (SSSR count). The molecule has 1 unspecified atom stereocenters. The first-order chi connectivity index (χ1) is 23.7. The molecule has 11 heteroatoms. The lowest BCUT2D eigenvalue weighted by Gasteiger charge is -2.30. The fourth-order valence-electron chi connectivity index (χ4n) is 6.72. The summed E-state index contributed by atoms with van der Waals surface area (Å²) >= 11 is 8.14. The predicted octanol–water partition coefficient (Wildman–Crippen LogP) is 7.63. The summed E-state index contributed by atoms with van der Waals surface area (Å²) in [5, 5.41) is 4.99. The Morgan fingerprint density at radius 2 is 1.63 bits per heavy atom. The number of halogens is 1. The zero-order valence-electron chi connectivity index (χ0n) is 28.2. The first-order valence-electron chi connectivity index (χ1n) is 17.0. The number of nitrogens with two attached hydrogens (primary N) is 1. The third-order valence-electron chi connectivity index (χ3n) is 9.70. The van der Waals surface area contributed by atoms with Crippen LogP contribution in [-0.2, 0) is 0 Å². The van der Waals surface area contributed by atoms with Gasteiger partial charge in [-0.2, -0.15) is 0 Å². The highest BCUT2D eigenvalue weighted by Crippen LogP contribution is 2.39. The number of hydrogen-bond acceptors (Lipinski definition) is 8. The number of carbonyl (C=O) groups excluding carboxylic acids is 1. The third-order valence-corrected chi connectivity index (χ3v) is 11.2. The molecule has 5 aromatic rings. The van der Waals surface area contributed by atoms with Crippen LogP contribution >= 0.6 is 22.9 Å². The molecule has 1 atom stereocenters. The Balaban J connectivity index is 1.07. The molecule has 1 amide bonds. The molecule has 0 bridgehead atoms. The molecular formula is C38H43ClN6O3S. The second-order valence-electron chi connectivity index (χ2n) is 13.3. The number of rotatable bonds is 10. The van der Waals surface area contributed by atoms with E-state index >= 15 is 0 Å². The minimum Gasteiger partial charge on any atom is -0.489 e. The van der Waals surface area contributed by atoms with Crippen molar-refractivity contribution in [2.24, 2.45) is 5.73 Å². The molecule has 2 aliphatic heterocycles. The number of aromatic nitrogens is 2. The molecule has 2 aromatic heterocycles. The number of nitrogens with one attached hydrogen (secondary N) is 1. The lowest BCUT2D eigenvalue weighted by molar-refractivity contribution is 0.0998. The van der Waals surface area contributed by atoms with Crippen molar-refractivity contribution in [3.63, 3.8) is 0 Å². The molecule has 3 aromatic carbocycles. The van der Waals surface area contributed by atoms with Gasteiger partial charge in [-0.25, -0.2) is 4.98 Å². The van der Waals surface area contributed by atoms with Crippen molar-refractivity contribution >= 4 is 45.6 Å². The van der Waals surface area contributed by atoms with E-state index in [1.54, 1.807) is 6.33 Å². The molecule has 0 radical (unpaired) electrons. The number of likely N-dealkylation sites (tertiary alicyclic amines) is 2. The number of primary amides is 1. The Bertz CT molecular complexity index is 1930. The normalized spacial score (nSPS) is 17.3. The van der Waals surface area contributed by atoms with E-state index in [1.165, 1.54) is 11.3 Å². The number of hydrogen-bond donors (Lipinski definition) is 2. The minimum atomic E-state index is -0.552. The van der Waals surface area contributed by atoms with Crippen molar-refractivity contribution in [1.29, 1.82) is 0 Å². The molecule has 2 fully saturated rings. The summed E-state index contributed by atoms with van der Waals surface area (Å²) in [6.07, 6.45) is 5.67. The van der Waals surface area contributed by atoms with Gasteiger partial charge >= 0.3 is 0 Å². The van der Waals surface area contributed by atoms with Gasteiger partial charge in [0.15, 0.2) is 0 Å². The maximum Gasteiger partial charge on any atom is 0.262 e. The van der Waals surface area contributed by atoms with E-state index < -0.39 is 12.0 Å². The smallest absolute Gasteiger partial charge is 0.262 e. The summed E-state index contributed by atoms with van der Waals surface area (Å²) in [6, 6.07) is 23.0. The van der Waals surface area contributed by atoms with Gasteiger partial charge in [-0.15, -0.1) is 11.3 Å². The molecule has 0 aliphatic carbocycles. The highest BCUT2D eigenvalue weighted by atomic mass is 35.5. The molecule has 3 N–H and O–H groups in total. The van der Waals surface area contributed by atoms with Crippen LogP contribution in [0, 0.1) is 0 Å². The Kier molecular flexibility index (Phi) is 9.82. The fourth-order valence-corrected chi connectivity index (χ4v) is 7.98. The van der Waals surface area contributed by atoms with Gasteiger partial charge in [0.1, 0.15) is 39.9 Å². The van der Waals surface area contributed by atoms with Gasteiger partial charge < -0.3 is 30.3 Å². The van der Waals surface area contributed by atoms with E-state index in [1.807, 2.05) is 35.8 Å². The van der Waals surface area contributed by atoms with Crippen molar-refractivity contribution in [1.82, 2.24) is 19.4 Å². The maximum atomic E-state index is 12.6. The Morgan fingerprint density at radius 3 is 2.35 bits per heavy atom. The molecule has 0 saturated carbocycles. The summed E-state index contributed by atoms with van der Waals surface area (Å²) in [5.41, 5.74) is 11.8. The van der Waals surface area contributed by atoms with E-state index in [2.05, 4.69) is 71.7 Å². The quantitative estimate of drug-likeness (QED) is 0.155. The number of nitrogens with zero attached hydrogens (tertiary/aromatic N) is 4. The number of thiophene rings is 1. The van der Waals surface area contributed by atoms with Gasteiger partial charge in [0.2, 0.25) is 0 Å². The molecule has 2 aliphatic rings. The van der Waals surface area contributed by atoms with Crippen LogP contribution in [-0.4, -0.2) is 77.7 Å². The zero-order valence-corrected chi connectivity index (χ0v) is 29.8. The number of amides is 1. The minimum absolute atomic E-state index is 0.124. The fraction of sp³-hybridized carbons (Fsp3) is 0.368. The lowest BCUT2D eigenvalue weighted by atomic mass is 10.0. The third kappa shape index (κ3) is 7.43. The van der Waals surface area contributed by atoms with Crippen molar-refractivity contribution in [2.45, 2.75) is 50.9 Å². The van der Waals surface area contributed by atoms with Crippen molar-refractivity contribution in [3.8, 4) is 27.6 Å². The molecule has 2 saturated heterocycles. The summed E-state index contributed by atoms with van der Waals surface area (Å²) < 4.78 is 14.7. The van der Waals surface area contributed by atoms with Gasteiger partial charge in [0.25, 0.3) is 5.91 Å². The molecule has 0 spiro atoms. The van der Waals surface area contributed by atoms with Crippen LogP contribution in [0.2, 0.25) is 5.02 Å². The topological polar surface area (TPSA) is 97.9 Å². The molecule has 49 heavy (non-hydrogen) atoms. The highest BCUT2D eigenvalue weighted by Gasteiger charge is 2.24. The van der Waals surface area contributed by atoms with Crippen molar-refractivity contribution < 1.29 is 14.3 Å². The van der Waals surface area contributed by atoms with E-state index in [0.717, 1.165) is 90.3 Å². The first-order valence-corrected chi connectivity index (χ1v) is 18.2. The molecule has 4 heterocycles. The van der Waals surface area contributed by atoms with Crippen LogP contribution in [0.1, 0.15) is 53.9 Å². The Labute approximate surface area is 296 Å². The summed E-state index contributed by atoms with van der Waals surface area (Å²) in [6.45, 7) is 6.16. The van der Waals surface area contributed by atoms with Crippen molar-refractivity contribution in [3.05, 3.63) is 88.5 Å². The number of piperidine rings is 2. The Hall–Kier alpha value is -4.09. The van der Waals surface area contributed by atoms with Crippen LogP contribution in [0.25, 0.3) is 27.2 Å². The van der Waals surface area contributed by atoms with Gasteiger partial charge in [-0.1, -0.05) is 41.9 Å². The van der Waals surface area contributed by atoms with Gasteiger partial charge in [-0.05, 0) is 101 Å². The average Bonchev–Trinajstić information content (AvgIpc) is 3.72. The number of anilines is 1. The van der Waals surface area contributed by atoms with Crippen LogP contribution < -0.4 is 20.5 Å². The van der Waals surface area contributed by atoms with Crippen LogP contribution in [0.15, 0.2) is 73.1 Å². The molecule has 256 valence electrons. The largest absolute Gasteiger partial charge is 0.489 e. The van der Waals surface area contributed by atoms with E-state index in [0.29, 0.717) is 27.4 Å². The lowest BCUT2D eigenvalue weighted by Crippen LogP contribution is -2.36. The number of imidazole rings is 1. The van der Waals surface area contributed by atoms with Crippen LogP contribution in [0.4, 0.5) is 5.69 Å². The van der Waals surface area contributed by atoms with Gasteiger partial charge in [0, 0.05) is 36.4 Å². The highest BCUT2D eigenvalue weighted by molar-refractivity contribution is 7.16. The molecule has 9 nitrogen and oxygen atoms in total. The second-order valence-corrected chi connectivity index (χ2v) is 14.7. The SMILES string of the molecule is CC(Oc1cc(-n2cnc3cc(-c4ccc(NC5CCN(C)CC5)cc4)ccc32)sc1C(N)=O)c1cccc(OC2CCN(C)CC2)c1Cl. The second kappa shape index (κ2) is 14.4. The maximum absolute atomic E-state index is 12.6. The van der Waals surface area contributed by atoms with E-state index in [9.17, 15) is 4.79 Å². The average molecular weight is 699 g/mol. The number of carbonyl (C=O) groups is 1. The summed E-state index contributed by atoms with van der Waals surface area (Å²) in [7, 11) is 4.31. The number of benzene rings is 3. The Morgan fingerprint density at radius 1 is 0.939 bits per heavy atom. The van der Waals surface area contributed by atoms with Gasteiger partial charge in [-0.3, -0.25) is 9.36 Å². The van der Waals surface area contributed by atoms with Crippen LogP contribution in [0.5, 0.6) is 11.5 Å². The number of fused-ring (bicyclic) bond motifs is 1. The van der Waals surface area contributed by atoms with Crippen molar-refractivity contribution in [2.75, 3.05) is 45.6 Å². The first kappa shape index (κ1) is 33.4. The van der Waals surface area contributed by atoms with E-state index in [4.69, 9.17) is 31.8 Å². The summed E-state index contributed by atoms with van der Waals surface area (Å²) in [5.74, 6) is 0.504. The zero-order chi connectivity index (χ0) is 34.1. The molecular weight excluding hydrogens is 656 g/mol. The van der Waals surface area contributed by atoms with E-state index in [-0.39, 0.29) is 6.10 Å². The van der Waals surface area contributed by atoms with Gasteiger partial charge in [0.05, 0.1) is 16.1 Å². The van der Waals surface area contributed by atoms with Crippen LogP contribution in [0.3, 0.4) is 0 Å². The summed E-state index contributed by atoms with van der Waals surface area (Å²) in [4.78, 5) is 22.3. The monoisotopic (exact) mass is 698 g/mol. The number of ether oxygens (including phenoxy) is 2.